The van der Waals surface area contributed by atoms with Gasteiger partial charge < -0.3 is 4.84 Å². The van der Waals surface area contributed by atoms with E-state index in [9.17, 15) is 4.39 Å². The van der Waals surface area contributed by atoms with Gasteiger partial charge in [-0.1, -0.05) is 17.3 Å². The SMILES string of the molecule is CON=C1CCCC2=C1C(F)(Br)CC=C2. The summed E-state index contributed by atoms with van der Waals surface area (Å²) in [5.74, 6) is 0. The molecule has 0 heterocycles. The van der Waals surface area contributed by atoms with E-state index in [0.717, 1.165) is 30.5 Å². The van der Waals surface area contributed by atoms with Crippen molar-refractivity contribution in [3.63, 3.8) is 0 Å². The van der Waals surface area contributed by atoms with Gasteiger partial charge in [-0.25, -0.2) is 4.39 Å². The highest BCUT2D eigenvalue weighted by Gasteiger charge is 2.38. The van der Waals surface area contributed by atoms with E-state index in [4.69, 9.17) is 4.84 Å². The van der Waals surface area contributed by atoms with E-state index in [1.807, 2.05) is 12.2 Å². The molecule has 1 unspecified atom stereocenters. The van der Waals surface area contributed by atoms with Gasteiger partial charge in [0.1, 0.15) is 7.11 Å². The average Bonchev–Trinajstić information content (AvgIpc) is 2.17. The molecule has 0 radical (unpaired) electrons. The first-order valence-electron chi connectivity index (χ1n) is 5.03. The van der Waals surface area contributed by atoms with Crippen LogP contribution in [0, 0.1) is 0 Å². The maximum Gasteiger partial charge on any atom is 0.195 e. The predicted molar refractivity (Wildman–Crippen MR) is 61.8 cm³/mol. The van der Waals surface area contributed by atoms with E-state index in [1.54, 1.807) is 0 Å². The third-order valence-electron chi connectivity index (χ3n) is 2.73. The van der Waals surface area contributed by atoms with Crippen molar-refractivity contribution in [2.24, 2.45) is 5.16 Å². The first-order valence-corrected chi connectivity index (χ1v) is 5.83. The largest absolute Gasteiger partial charge is 0.399 e. The van der Waals surface area contributed by atoms with Gasteiger partial charge in [0.15, 0.2) is 4.58 Å². The van der Waals surface area contributed by atoms with Crippen LogP contribution in [0.1, 0.15) is 25.7 Å². The van der Waals surface area contributed by atoms with Crippen molar-refractivity contribution in [3.8, 4) is 0 Å². The molecule has 0 bridgehead atoms. The van der Waals surface area contributed by atoms with Crippen molar-refractivity contribution in [1.29, 1.82) is 0 Å². The van der Waals surface area contributed by atoms with E-state index >= 15 is 0 Å². The van der Waals surface area contributed by atoms with Crippen molar-refractivity contribution in [1.82, 2.24) is 0 Å². The molecule has 15 heavy (non-hydrogen) atoms. The summed E-state index contributed by atoms with van der Waals surface area (Å²) in [7, 11) is 1.49. The van der Waals surface area contributed by atoms with Gasteiger partial charge in [-0.3, -0.25) is 0 Å². The molecular weight excluding hydrogens is 261 g/mol. The predicted octanol–water partition coefficient (Wildman–Crippen LogP) is 3.49. The second-order valence-electron chi connectivity index (χ2n) is 3.79. The van der Waals surface area contributed by atoms with E-state index in [-0.39, 0.29) is 0 Å². The highest BCUT2D eigenvalue weighted by Crippen LogP contribution is 2.43. The Morgan fingerprint density at radius 2 is 2.33 bits per heavy atom. The van der Waals surface area contributed by atoms with Crippen molar-refractivity contribution >= 4 is 21.6 Å². The topological polar surface area (TPSA) is 21.6 Å². The van der Waals surface area contributed by atoms with Crippen LogP contribution in [-0.2, 0) is 4.84 Å². The Balaban J connectivity index is 2.46. The summed E-state index contributed by atoms with van der Waals surface area (Å²) in [6, 6.07) is 0. The fourth-order valence-electron chi connectivity index (χ4n) is 2.15. The molecule has 0 fully saturated rings. The number of nitrogens with zero attached hydrogens (tertiary/aromatic N) is 1. The fourth-order valence-corrected chi connectivity index (χ4v) is 2.82. The summed E-state index contributed by atoms with van der Waals surface area (Å²) in [5.41, 5.74) is 2.46. The van der Waals surface area contributed by atoms with Crippen LogP contribution >= 0.6 is 15.9 Å². The Bertz CT molecular complexity index is 358. The average molecular weight is 274 g/mol. The Morgan fingerprint density at radius 3 is 3.07 bits per heavy atom. The number of allylic oxidation sites excluding steroid dienone is 4. The second-order valence-corrected chi connectivity index (χ2v) is 5.04. The lowest BCUT2D eigenvalue weighted by Crippen LogP contribution is -2.29. The fraction of sp³-hybridized carbons (Fsp3) is 0.545. The van der Waals surface area contributed by atoms with Gasteiger partial charge in [-0.2, -0.15) is 0 Å². The van der Waals surface area contributed by atoms with Crippen LogP contribution in [0.5, 0.6) is 0 Å². The van der Waals surface area contributed by atoms with E-state index in [0.29, 0.717) is 12.0 Å². The molecule has 0 aromatic rings. The summed E-state index contributed by atoms with van der Waals surface area (Å²) >= 11 is 3.13. The van der Waals surface area contributed by atoms with Gasteiger partial charge in [0.2, 0.25) is 0 Å². The quantitative estimate of drug-likeness (QED) is 0.530. The Morgan fingerprint density at radius 1 is 1.53 bits per heavy atom. The standard InChI is InChI=1S/C11H13BrFNO/c1-15-14-9-6-2-4-8-5-3-7-11(12,13)10(8)9/h3,5H,2,4,6-7H2,1H3. The van der Waals surface area contributed by atoms with Crippen LogP contribution in [0.25, 0.3) is 0 Å². The lowest BCUT2D eigenvalue weighted by molar-refractivity contribution is 0.211. The summed E-state index contributed by atoms with van der Waals surface area (Å²) in [6.07, 6.45) is 6.94. The zero-order valence-electron chi connectivity index (χ0n) is 8.59. The number of hydrogen-bond donors (Lipinski definition) is 0. The van der Waals surface area contributed by atoms with Crippen molar-refractivity contribution in [3.05, 3.63) is 23.3 Å². The Kier molecular flexibility index (Phi) is 2.96. The van der Waals surface area contributed by atoms with Gasteiger partial charge in [0.05, 0.1) is 5.71 Å². The molecule has 0 spiro atoms. The highest BCUT2D eigenvalue weighted by molar-refractivity contribution is 9.10. The van der Waals surface area contributed by atoms with Crippen LogP contribution < -0.4 is 0 Å². The molecule has 0 aromatic carbocycles. The van der Waals surface area contributed by atoms with Crippen LogP contribution in [-0.4, -0.2) is 17.4 Å². The van der Waals surface area contributed by atoms with E-state index < -0.39 is 4.58 Å². The van der Waals surface area contributed by atoms with Crippen molar-refractivity contribution in [2.75, 3.05) is 7.11 Å². The summed E-state index contributed by atoms with van der Waals surface area (Å²) in [6.45, 7) is 0. The molecular formula is C11H13BrFNO. The van der Waals surface area contributed by atoms with Crippen LogP contribution in [0.2, 0.25) is 0 Å². The van der Waals surface area contributed by atoms with Gasteiger partial charge in [0.25, 0.3) is 0 Å². The van der Waals surface area contributed by atoms with Crippen LogP contribution in [0.4, 0.5) is 4.39 Å². The third kappa shape index (κ3) is 2.00. The number of hydrogen-bond acceptors (Lipinski definition) is 2. The Hall–Kier alpha value is -0.640. The number of oxime groups is 1. The third-order valence-corrected chi connectivity index (χ3v) is 3.45. The summed E-state index contributed by atoms with van der Waals surface area (Å²) in [5, 5.41) is 3.92. The maximum absolute atomic E-state index is 14.3. The lowest BCUT2D eigenvalue weighted by atomic mass is 9.83. The molecule has 0 aliphatic heterocycles. The van der Waals surface area contributed by atoms with Gasteiger partial charge >= 0.3 is 0 Å². The van der Waals surface area contributed by atoms with Crippen molar-refractivity contribution < 1.29 is 9.23 Å². The minimum absolute atomic E-state index is 0.356. The first-order chi connectivity index (χ1) is 7.15. The maximum atomic E-state index is 14.3. The molecule has 1 atom stereocenters. The first kappa shape index (κ1) is 10.9. The molecule has 82 valence electrons. The molecule has 0 amide bonds. The van der Waals surface area contributed by atoms with Crippen LogP contribution in [0.15, 0.2) is 28.5 Å². The molecule has 0 saturated carbocycles. The van der Waals surface area contributed by atoms with E-state index in [1.165, 1.54) is 7.11 Å². The van der Waals surface area contributed by atoms with Crippen LogP contribution in [0.3, 0.4) is 0 Å². The molecule has 2 nitrogen and oxygen atoms in total. The van der Waals surface area contributed by atoms with E-state index in [2.05, 4.69) is 21.1 Å². The molecule has 2 aliphatic carbocycles. The summed E-state index contributed by atoms with van der Waals surface area (Å²) in [4.78, 5) is 4.77. The van der Waals surface area contributed by atoms with Gasteiger partial charge in [0, 0.05) is 12.0 Å². The monoisotopic (exact) mass is 273 g/mol. The molecule has 2 rings (SSSR count). The number of halogens is 2. The lowest BCUT2D eigenvalue weighted by Gasteiger charge is -2.30. The Labute approximate surface area is 97.0 Å². The molecule has 4 heteroatoms. The number of rotatable bonds is 1. The number of alkyl halides is 2. The normalized spacial score (nSPS) is 33.1. The van der Waals surface area contributed by atoms with Gasteiger partial charge in [-0.05, 0) is 40.8 Å². The molecule has 0 N–H and O–H groups in total. The minimum atomic E-state index is -1.46. The summed E-state index contributed by atoms with van der Waals surface area (Å²) < 4.78 is 12.8. The molecule has 0 saturated heterocycles. The zero-order valence-corrected chi connectivity index (χ0v) is 10.2. The molecule has 0 aromatic heterocycles. The highest BCUT2D eigenvalue weighted by atomic mass is 79.9. The minimum Gasteiger partial charge on any atom is -0.399 e. The van der Waals surface area contributed by atoms with Crippen molar-refractivity contribution in [2.45, 2.75) is 30.3 Å². The smallest absolute Gasteiger partial charge is 0.195 e. The zero-order chi connectivity index (χ0) is 10.9. The van der Waals surface area contributed by atoms with Gasteiger partial charge in [-0.15, -0.1) is 0 Å². The second kappa shape index (κ2) is 4.08. The molecule has 2 aliphatic rings.